The van der Waals surface area contributed by atoms with Gasteiger partial charge in [-0.2, -0.15) is 0 Å². The highest BCUT2D eigenvalue weighted by Crippen LogP contribution is 2.35. The first kappa shape index (κ1) is 23.3. The minimum absolute atomic E-state index is 0.0556. The SMILES string of the molecule is CC(CC(=O)O)c1c#cc(OCC[C@@H](C)Oc2ccc(Cl)cc2Oc2ccccc2)cc1. The van der Waals surface area contributed by atoms with Gasteiger partial charge in [-0.25, -0.2) is 0 Å². The quantitative estimate of drug-likeness (QED) is 0.357. The number of para-hydroxylation sites is 1. The smallest absolute Gasteiger partial charge is 0.303 e. The van der Waals surface area contributed by atoms with Crippen molar-refractivity contribution in [3.8, 4) is 23.0 Å². The normalized spacial score (nSPS) is 12.3. The van der Waals surface area contributed by atoms with E-state index in [2.05, 4.69) is 12.1 Å². The molecule has 0 aliphatic carbocycles. The van der Waals surface area contributed by atoms with Gasteiger partial charge in [0.2, 0.25) is 0 Å². The number of carboxylic acids is 1. The Morgan fingerprint density at radius 2 is 1.81 bits per heavy atom. The Bertz CT molecular complexity index is 1000. The fraction of sp³-hybridized carbons (Fsp3) is 0.269. The first-order valence-electron chi connectivity index (χ1n) is 10.4. The highest BCUT2D eigenvalue weighted by atomic mass is 35.5. The minimum Gasteiger partial charge on any atom is -0.487 e. The topological polar surface area (TPSA) is 65.0 Å². The van der Waals surface area contributed by atoms with Gasteiger partial charge in [0.15, 0.2) is 17.2 Å². The molecule has 0 radical (unpaired) electrons. The van der Waals surface area contributed by atoms with E-state index >= 15 is 0 Å². The summed E-state index contributed by atoms with van der Waals surface area (Å²) in [5, 5.41) is 9.47. The standard InChI is InChI=1S/C26H25ClO5/c1-18(16-26(28)29)20-8-11-22(12-9-20)30-15-14-19(2)31-24-13-10-21(27)17-25(24)32-23-6-4-3-5-7-23/h3-8,10-11,13,17-19H,14-16H2,1-2H3,(H,28,29)/t18?,19-/m1/s1. The van der Waals surface area contributed by atoms with Crippen molar-refractivity contribution in [2.45, 2.75) is 38.7 Å². The summed E-state index contributed by atoms with van der Waals surface area (Å²) in [6.07, 6.45) is 0.562. The molecule has 0 aliphatic heterocycles. The van der Waals surface area contributed by atoms with Crippen molar-refractivity contribution in [3.05, 3.63) is 83.4 Å². The summed E-state index contributed by atoms with van der Waals surface area (Å²) in [5.74, 6) is 1.44. The van der Waals surface area contributed by atoms with Crippen LogP contribution >= 0.6 is 11.6 Å². The second-order valence-electron chi connectivity index (χ2n) is 7.47. The Balaban J connectivity index is 1.52. The van der Waals surface area contributed by atoms with Crippen LogP contribution in [0.1, 0.15) is 38.2 Å². The van der Waals surface area contributed by atoms with Crippen molar-refractivity contribution < 1.29 is 24.1 Å². The van der Waals surface area contributed by atoms with E-state index in [9.17, 15) is 4.79 Å². The van der Waals surface area contributed by atoms with Gasteiger partial charge in [-0.05, 0) is 55.3 Å². The van der Waals surface area contributed by atoms with Gasteiger partial charge in [0, 0.05) is 23.1 Å². The molecule has 3 aromatic carbocycles. The van der Waals surface area contributed by atoms with Crippen LogP contribution in [0.25, 0.3) is 0 Å². The van der Waals surface area contributed by atoms with Crippen molar-refractivity contribution in [3.63, 3.8) is 0 Å². The summed E-state index contributed by atoms with van der Waals surface area (Å²) in [4.78, 5) is 10.8. The maximum absolute atomic E-state index is 10.8. The average Bonchev–Trinajstić information content (AvgIpc) is 2.76. The zero-order valence-corrected chi connectivity index (χ0v) is 18.8. The van der Waals surface area contributed by atoms with Crippen LogP contribution in [0.4, 0.5) is 0 Å². The molecule has 0 spiro atoms. The molecular weight excluding hydrogens is 428 g/mol. The molecule has 5 nitrogen and oxygen atoms in total. The number of halogens is 1. The average molecular weight is 453 g/mol. The minimum atomic E-state index is -0.835. The number of aliphatic carboxylic acids is 1. The molecule has 0 aromatic heterocycles. The van der Waals surface area contributed by atoms with Crippen molar-refractivity contribution >= 4 is 17.6 Å². The molecule has 32 heavy (non-hydrogen) atoms. The zero-order valence-electron chi connectivity index (χ0n) is 18.0. The van der Waals surface area contributed by atoms with Gasteiger partial charge in [-0.15, -0.1) is 0 Å². The van der Waals surface area contributed by atoms with Gasteiger partial charge in [-0.1, -0.05) is 42.8 Å². The molecule has 1 unspecified atom stereocenters. The molecule has 0 amide bonds. The molecule has 1 N–H and O–H groups in total. The van der Waals surface area contributed by atoms with Crippen LogP contribution in [0.3, 0.4) is 0 Å². The molecule has 0 fully saturated rings. The first-order chi connectivity index (χ1) is 15.4. The first-order valence-corrected chi connectivity index (χ1v) is 10.8. The fourth-order valence-electron chi connectivity index (χ4n) is 3.01. The number of hydrogen-bond donors (Lipinski definition) is 1. The van der Waals surface area contributed by atoms with Gasteiger partial charge < -0.3 is 19.3 Å². The molecule has 3 aromatic rings. The van der Waals surface area contributed by atoms with Gasteiger partial charge in [-0.3, -0.25) is 4.79 Å². The van der Waals surface area contributed by atoms with Crippen molar-refractivity contribution in [1.29, 1.82) is 0 Å². The number of carboxylic acid groups (broad SMARTS) is 1. The number of rotatable bonds is 11. The van der Waals surface area contributed by atoms with Crippen molar-refractivity contribution in [2.75, 3.05) is 6.61 Å². The predicted octanol–water partition coefficient (Wildman–Crippen LogP) is 6.55. The van der Waals surface area contributed by atoms with Crippen LogP contribution in [0.2, 0.25) is 5.02 Å². The van der Waals surface area contributed by atoms with E-state index in [4.69, 9.17) is 30.9 Å². The second kappa shape index (κ2) is 11.3. The summed E-state index contributed by atoms with van der Waals surface area (Å²) in [5.41, 5.74) is 0.796. The van der Waals surface area contributed by atoms with E-state index in [1.165, 1.54) is 0 Å². The van der Waals surface area contributed by atoms with Crippen molar-refractivity contribution in [2.24, 2.45) is 0 Å². The predicted molar refractivity (Wildman–Crippen MR) is 123 cm³/mol. The van der Waals surface area contributed by atoms with E-state index < -0.39 is 5.97 Å². The third kappa shape index (κ3) is 7.11. The fourth-order valence-corrected chi connectivity index (χ4v) is 3.17. The lowest BCUT2D eigenvalue weighted by Gasteiger charge is -2.18. The van der Waals surface area contributed by atoms with Crippen LogP contribution < -0.4 is 14.2 Å². The van der Waals surface area contributed by atoms with E-state index in [0.717, 1.165) is 5.56 Å². The third-order valence-electron chi connectivity index (χ3n) is 4.74. The second-order valence-corrected chi connectivity index (χ2v) is 7.91. The summed E-state index contributed by atoms with van der Waals surface area (Å²) >= 11 is 6.14. The lowest BCUT2D eigenvalue weighted by molar-refractivity contribution is -0.137. The Labute approximate surface area is 193 Å². The van der Waals surface area contributed by atoms with E-state index in [-0.39, 0.29) is 18.4 Å². The van der Waals surface area contributed by atoms with Crippen LogP contribution in [0, 0.1) is 12.1 Å². The number of benzene rings is 2. The Kier molecular flexibility index (Phi) is 8.24. The van der Waals surface area contributed by atoms with E-state index in [1.54, 1.807) is 24.3 Å². The van der Waals surface area contributed by atoms with Crippen LogP contribution in [0.15, 0.2) is 60.7 Å². The zero-order chi connectivity index (χ0) is 22.9. The lowest BCUT2D eigenvalue weighted by atomic mass is 9.99. The highest BCUT2D eigenvalue weighted by Gasteiger charge is 2.13. The molecule has 0 aliphatic rings. The maximum Gasteiger partial charge on any atom is 0.303 e. The molecule has 0 heterocycles. The van der Waals surface area contributed by atoms with Gasteiger partial charge in [0.05, 0.1) is 19.1 Å². The Hall–Kier alpha value is -3.36. The molecule has 0 saturated heterocycles. The molecule has 166 valence electrons. The van der Waals surface area contributed by atoms with Gasteiger partial charge in [0.25, 0.3) is 0 Å². The summed E-state index contributed by atoms with van der Waals surface area (Å²) in [6.45, 7) is 4.23. The Morgan fingerprint density at radius 3 is 2.50 bits per heavy atom. The number of ether oxygens (including phenoxy) is 3. The van der Waals surface area contributed by atoms with E-state index in [0.29, 0.717) is 41.0 Å². The van der Waals surface area contributed by atoms with Gasteiger partial charge in [0.1, 0.15) is 5.75 Å². The maximum atomic E-state index is 10.8. The summed E-state index contributed by atoms with van der Waals surface area (Å²) < 4.78 is 17.7. The molecule has 0 bridgehead atoms. The summed E-state index contributed by atoms with van der Waals surface area (Å²) in [6, 6.07) is 24.2. The number of carbonyl (C=O) groups is 1. The largest absolute Gasteiger partial charge is 0.487 e. The number of hydrogen-bond acceptors (Lipinski definition) is 4. The summed E-state index contributed by atoms with van der Waals surface area (Å²) in [7, 11) is 0. The highest BCUT2D eigenvalue weighted by molar-refractivity contribution is 6.30. The monoisotopic (exact) mass is 452 g/mol. The lowest BCUT2D eigenvalue weighted by Crippen LogP contribution is -2.16. The third-order valence-corrected chi connectivity index (χ3v) is 4.98. The molecule has 2 atom stereocenters. The van der Waals surface area contributed by atoms with Crippen molar-refractivity contribution in [1.82, 2.24) is 0 Å². The molecule has 3 rings (SSSR count). The molecular formula is C26H25ClO5. The van der Waals surface area contributed by atoms with E-state index in [1.807, 2.05) is 50.2 Å². The molecule has 0 saturated carbocycles. The Morgan fingerprint density at radius 1 is 1.03 bits per heavy atom. The van der Waals surface area contributed by atoms with Crippen LogP contribution in [-0.2, 0) is 4.79 Å². The van der Waals surface area contributed by atoms with Crippen LogP contribution in [-0.4, -0.2) is 23.8 Å². The van der Waals surface area contributed by atoms with Crippen LogP contribution in [0.5, 0.6) is 23.0 Å². The molecule has 6 heteroatoms. The van der Waals surface area contributed by atoms with Gasteiger partial charge >= 0.3 is 5.97 Å².